The highest BCUT2D eigenvalue weighted by Gasteiger charge is 2.46. The highest BCUT2D eigenvalue weighted by atomic mass is 32.2. The molecular weight excluding hydrogens is 415 g/mol. The van der Waals surface area contributed by atoms with E-state index in [0.29, 0.717) is 44.3 Å². The van der Waals surface area contributed by atoms with Gasteiger partial charge in [-0.1, -0.05) is 18.2 Å². The van der Waals surface area contributed by atoms with E-state index in [4.69, 9.17) is 4.74 Å². The third-order valence-electron chi connectivity index (χ3n) is 6.86. The Morgan fingerprint density at radius 2 is 1.71 bits per heavy atom. The molecule has 4 rings (SSSR count). The molecule has 0 radical (unpaired) electrons. The van der Waals surface area contributed by atoms with Crippen LogP contribution in [0.1, 0.15) is 35.1 Å². The number of benzene rings is 2. The zero-order valence-corrected chi connectivity index (χ0v) is 19.3. The van der Waals surface area contributed by atoms with Crippen molar-refractivity contribution in [1.29, 1.82) is 0 Å². The zero-order chi connectivity index (χ0) is 22.2. The van der Waals surface area contributed by atoms with Crippen LogP contribution < -0.4 is 0 Å². The Morgan fingerprint density at radius 3 is 2.42 bits per heavy atom. The summed E-state index contributed by atoms with van der Waals surface area (Å²) in [5, 5.41) is 0. The summed E-state index contributed by atoms with van der Waals surface area (Å²) in [7, 11) is -3.60. The maximum absolute atomic E-state index is 13.7. The molecule has 2 saturated heterocycles. The number of sulfonamides is 1. The van der Waals surface area contributed by atoms with Crippen LogP contribution in [0.15, 0.2) is 41.3 Å². The van der Waals surface area contributed by atoms with E-state index in [1.54, 1.807) is 22.5 Å². The summed E-state index contributed by atoms with van der Waals surface area (Å²) in [5.41, 5.74) is 3.47. The monoisotopic (exact) mass is 446 g/mol. The van der Waals surface area contributed by atoms with Gasteiger partial charge in [0.1, 0.15) is 5.82 Å². The van der Waals surface area contributed by atoms with Gasteiger partial charge in [-0.25, -0.2) is 12.8 Å². The Kier molecular flexibility index (Phi) is 6.23. The van der Waals surface area contributed by atoms with Crippen LogP contribution in [0.5, 0.6) is 0 Å². The third-order valence-corrected chi connectivity index (χ3v) is 8.84. The van der Waals surface area contributed by atoms with Crippen molar-refractivity contribution < 1.29 is 17.5 Å². The van der Waals surface area contributed by atoms with Crippen LogP contribution >= 0.6 is 0 Å². The number of nitrogens with zero attached hydrogens (tertiary/aromatic N) is 2. The molecular formula is C24H31FN2O3S. The first-order valence-corrected chi connectivity index (χ1v) is 12.3. The zero-order valence-electron chi connectivity index (χ0n) is 18.5. The lowest BCUT2D eigenvalue weighted by atomic mass is 9.86. The average Bonchev–Trinajstić information content (AvgIpc) is 2.73. The number of hydrogen-bond acceptors (Lipinski definition) is 4. The maximum atomic E-state index is 13.7. The van der Waals surface area contributed by atoms with Gasteiger partial charge in [0.2, 0.25) is 10.0 Å². The normalized spacial score (nSPS) is 20.3. The molecule has 2 aliphatic rings. The van der Waals surface area contributed by atoms with Crippen molar-refractivity contribution in [1.82, 2.24) is 9.21 Å². The molecule has 2 aliphatic heterocycles. The van der Waals surface area contributed by atoms with Crippen LogP contribution in [0.3, 0.4) is 0 Å². The maximum Gasteiger partial charge on any atom is 0.243 e. The Labute approximate surface area is 184 Å². The lowest BCUT2D eigenvalue weighted by molar-refractivity contribution is -0.0608. The molecule has 0 amide bonds. The minimum absolute atomic E-state index is 0.245. The van der Waals surface area contributed by atoms with Gasteiger partial charge in [0.15, 0.2) is 0 Å². The molecule has 2 fully saturated rings. The largest absolute Gasteiger partial charge is 0.381 e. The Balaban J connectivity index is 1.64. The van der Waals surface area contributed by atoms with Crippen molar-refractivity contribution in [3.8, 4) is 0 Å². The highest BCUT2D eigenvalue weighted by molar-refractivity contribution is 7.89. The summed E-state index contributed by atoms with van der Waals surface area (Å²) in [6.07, 6.45) is 1.53. The molecule has 0 saturated carbocycles. The molecule has 0 bridgehead atoms. The van der Waals surface area contributed by atoms with Gasteiger partial charge in [-0.15, -0.1) is 0 Å². The second kappa shape index (κ2) is 8.62. The van der Waals surface area contributed by atoms with E-state index in [1.165, 1.54) is 6.07 Å². The highest BCUT2D eigenvalue weighted by Crippen LogP contribution is 2.36. The topological polar surface area (TPSA) is 49.9 Å². The van der Waals surface area contributed by atoms with Crippen LogP contribution in [0, 0.1) is 26.6 Å². The van der Waals surface area contributed by atoms with Crippen LogP contribution in [0.4, 0.5) is 4.39 Å². The number of hydrogen-bond donors (Lipinski definition) is 0. The fraction of sp³-hybridized carbons (Fsp3) is 0.500. The molecule has 5 nitrogen and oxygen atoms in total. The lowest BCUT2D eigenvalue weighted by Gasteiger charge is -2.52. The average molecular weight is 447 g/mol. The van der Waals surface area contributed by atoms with Gasteiger partial charge >= 0.3 is 0 Å². The molecule has 2 aromatic rings. The number of piperazine rings is 1. The van der Waals surface area contributed by atoms with Crippen molar-refractivity contribution in [3.63, 3.8) is 0 Å². The van der Waals surface area contributed by atoms with Gasteiger partial charge in [-0.05, 0) is 74.1 Å². The molecule has 0 aromatic heterocycles. The van der Waals surface area contributed by atoms with Gasteiger partial charge in [0.25, 0.3) is 0 Å². The fourth-order valence-corrected chi connectivity index (χ4v) is 6.66. The molecule has 31 heavy (non-hydrogen) atoms. The molecule has 0 aliphatic carbocycles. The quantitative estimate of drug-likeness (QED) is 0.717. The van der Waals surface area contributed by atoms with Crippen LogP contribution in [-0.2, 0) is 21.3 Å². The number of halogens is 1. The van der Waals surface area contributed by atoms with E-state index in [2.05, 4.69) is 4.90 Å². The van der Waals surface area contributed by atoms with Gasteiger partial charge in [-0.3, -0.25) is 4.90 Å². The molecule has 0 unspecified atom stereocenters. The Morgan fingerprint density at radius 1 is 1.00 bits per heavy atom. The second-order valence-corrected chi connectivity index (χ2v) is 10.8. The van der Waals surface area contributed by atoms with E-state index in [9.17, 15) is 12.8 Å². The fourth-order valence-electron chi connectivity index (χ4n) is 4.86. The van der Waals surface area contributed by atoms with Crippen molar-refractivity contribution in [3.05, 3.63) is 64.5 Å². The van der Waals surface area contributed by atoms with E-state index < -0.39 is 10.0 Å². The van der Waals surface area contributed by atoms with E-state index in [0.717, 1.165) is 35.1 Å². The molecule has 2 heterocycles. The van der Waals surface area contributed by atoms with E-state index >= 15 is 0 Å². The van der Waals surface area contributed by atoms with Crippen LogP contribution in [0.2, 0.25) is 0 Å². The van der Waals surface area contributed by atoms with E-state index in [1.807, 2.05) is 32.9 Å². The summed E-state index contributed by atoms with van der Waals surface area (Å²) in [4.78, 5) is 2.74. The smallest absolute Gasteiger partial charge is 0.243 e. The lowest BCUT2D eigenvalue weighted by Crippen LogP contribution is -2.64. The molecule has 0 atom stereocenters. The van der Waals surface area contributed by atoms with Crippen LogP contribution in [0.25, 0.3) is 0 Å². The number of ether oxygens (including phenoxy) is 1. The molecule has 1 spiro atoms. The SMILES string of the molecule is Cc1cc(C)c(S(=O)(=O)N2CCN(Cc3cccc(F)c3)C3(CCOCC3)C2)cc1C. The van der Waals surface area contributed by atoms with Crippen LogP contribution in [-0.4, -0.2) is 56.0 Å². The second-order valence-electron chi connectivity index (χ2n) is 8.93. The summed E-state index contributed by atoms with van der Waals surface area (Å²) in [6, 6.07) is 10.4. The van der Waals surface area contributed by atoms with Crippen molar-refractivity contribution in [2.45, 2.75) is 50.6 Å². The van der Waals surface area contributed by atoms with Gasteiger partial charge in [-0.2, -0.15) is 4.31 Å². The van der Waals surface area contributed by atoms with Gasteiger partial charge in [0.05, 0.1) is 4.90 Å². The molecule has 168 valence electrons. The van der Waals surface area contributed by atoms with Crippen molar-refractivity contribution >= 4 is 10.0 Å². The molecule has 2 aromatic carbocycles. The van der Waals surface area contributed by atoms with Gasteiger partial charge in [0, 0.05) is 44.9 Å². The summed E-state index contributed by atoms with van der Waals surface area (Å²) < 4.78 is 48.3. The first-order valence-electron chi connectivity index (χ1n) is 10.9. The minimum Gasteiger partial charge on any atom is -0.381 e. The van der Waals surface area contributed by atoms with Crippen molar-refractivity contribution in [2.24, 2.45) is 0 Å². The summed E-state index contributed by atoms with van der Waals surface area (Å²) in [5.74, 6) is -0.245. The predicted octanol–water partition coefficient (Wildman–Crippen LogP) is 3.81. The Hall–Kier alpha value is -1.80. The van der Waals surface area contributed by atoms with Crippen molar-refractivity contribution in [2.75, 3.05) is 32.8 Å². The third kappa shape index (κ3) is 4.42. The van der Waals surface area contributed by atoms with Gasteiger partial charge < -0.3 is 4.74 Å². The Bertz CT molecular complexity index is 1060. The van der Waals surface area contributed by atoms with E-state index in [-0.39, 0.29) is 11.4 Å². The molecule has 7 heteroatoms. The summed E-state index contributed by atoms with van der Waals surface area (Å²) >= 11 is 0. The standard InChI is InChI=1S/C24H31FN2O3S/c1-18-13-20(3)23(14-19(18)2)31(28,29)27-10-9-26(16-21-5-4-6-22(25)15-21)24(17-27)7-11-30-12-8-24/h4-6,13-15H,7-12,16-17H2,1-3H3. The summed E-state index contributed by atoms with van der Waals surface area (Å²) in [6.45, 7) is 9.10. The molecule has 0 N–H and O–H groups in total. The predicted molar refractivity (Wildman–Crippen MR) is 119 cm³/mol. The minimum atomic E-state index is -3.60. The first-order chi connectivity index (χ1) is 14.7. The number of aryl methyl sites for hydroxylation is 3. The number of rotatable bonds is 4. The first kappa shape index (κ1) is 22.4.